The Bertz CT molecular complexity index is 610. The van der Waals surface area contributed by atoms with E-state index in [4.69, 9.17) is 5.11 Å². The van der Waals surface area contributed by atoms with Gasteiger partial charge in [0.1, 0.15) is 5.82 Å². The van der Waals surface area contributed by atoms with Gasteiger partial charge in [0.05, 0.1) is 6.20 Å². The molecule has 20 heavy (non-hydrogen) atoms. The van der Waals surface area contributed by atoms with Gasteiger partial charge in [-0.1, -0.05) is 0 Å². The van der Waals surface area contributed by atoms with Crippen molar-refractivity contribution in [2.24, 2.45) is 0 Å². The number of aliphatic carboxylic acids is 1. The Kier molecular flexibility index (Phi) is 3.54. The summed E-state index contributed by atoms with van der Waals surface area (Å²) in [6, 6.07) is 4.11. The lowest BCUT2D eigenvalue weighted by Crippen LogP contribution is -2.40. The van der Waals surface area contributed by atoms with E-state index in [1.807, 2.05) is 18.3 Å². The van der Waals surface area contributed by atoms with Crippen molar-refractivity contribution >= 4 is 17.4 Å². The van der Waals surface area contributed by atoms with Gasteiger partial charge in [-0.3, -0.25) is 4.79 Å². The number of carboxylic acid groups (broad SMARTS) is 1. The second-order valence-electron chi connectivity index (χ2n) is 5.20. The van der Waals surface area contributed by atoms with Crippen LogP contribution in [0.5, 0.6) is 0 Å². The lowest BCUT2D eigenvalue weighted by Gasteiger charge is -2.36. The van der Waals surface area contributed by atoms with E-state index >= 15 is 0 Å². The molecule has 3 heterocycles. The summed E-state index contributed by atoms with van der Waals surface area (Å²) in [5, 5.41) is 13.0. The third-order valence-corrected chi connectivity index (χ3v) is 3.86. The molecule has 106 valence electrons. The minimum absolute atomic E-state index is 0.218. The highest BCUT2D eigenvalue weighted by Gasteiger charge is 2.24. The number of nitrogens with zero attached hydrogens (tertiary/aromatic N) is 4. The van der Waals surface area contributed by atoms with E-state index in [1.165, 1.54) is 0 Å². The summed E-state index contributed by atoms with van der Waals surface area (Å²) in [6.07, 6.45) is 7.87. The molecule has 1 aliphatic heterocycles. The van der Waals surface area contributed by atoms with Gasteiger partial charge in [0.25, 0.3) is 0 Å². The Hall–Kier alpha value is -2.11. The zero-order chi connectivity index (χ0) is 13.9. The molecule has 1 fully saturated rings. The van der Waals surface area contributed by atoms with Crippen LogP contribution < -0.4 is 4.90 Å². The number of carbonyl (C=O) groups is 1. The Morgan fingerprint density at radius 2 is 2.30 bits per heavy atom. The summed E-state index contributed by atoms with van der Waals surface area (Å²) < 4.78 is 1.74. The van der Waals surface area contributed by atoms with Crippen LogP contribution >= 0.6 is 0 Å². The maximum Gasteiger partial charge on any atom is 0.303 e. The fourth-order valence-electron chi connectivity index (χ4n) is 2.85. The maximum atomic E-state index is 10.8. The standard InChI is InChI=1S/C14H18N4O2/c19-14(20)5-4-11-3-1-2-9-17(11)12-7-10-18-13(16-12)6-8-15-18/h6-8,10-11H,1-5,9H2,(H,19,20). The van der Waals surface area contributed by atoms with E-state index < -0.39 is 5.97 Å². The van der Waals surface area contributed by atoms with Gasteiger partial charge >= 0.3 is 5.97 Å². The first-order valence-electron chi connectivity index (χ1n) is 7.03. The first kappa shape index (κ1) is 12.9. The molecule has 0 bridgehead atoms. The summed E-state index contributed by atoms with van der Waals surface area (Å²) in [5.41, 5.74) is 0.824. The lowest BCUT2D eigenvalue weighted by molar-refractivity contribution is -0.137. The number of carboxylic acids is 1. The first-order chi connectivity index (χ1) is 9.74. The van der Waals surface area contributed by atoms with Crippen molar-refractivity contribution in [3.8, 4) is 0 Å². The number of rotatable bonds is 4. The molecule has 3 rings (SSSR count). The molecule has 6 heteroatoms. The zero-order valence-electron chi connectivity index (χ0n) is 11.3. The highest BCUT2D eigenvalue weighted by Crippen LogP contribution is 2.26. The molecular weight excluding hydrogens is 256 g/mol. The number of hydrogen-bond acceptors (Lipinski definition) is 4. The van der Waals surface area contributed by atoms with Gasteiger partial charge in [-0.2, -0.15) is 5.10 Å². The molecule has 2 aromatic rings. The van der Waals surface area contributed by atoms with Crippen molar-refractivity contribution in [1.82, 2.24) is 14.6 Å². The molecule has 1 saturated heterocycles. The van der Waals surface area contributed by atoms with Gasteiger partial charge in [0, 0.05) is 31.3 Å². The fraction of sp³-hybridized carbons (Fsp3) is 0.500. The third kappa shape index (κ3) is 2.59. The van der Waals surface area contributed by atoms with Crippen LogP contribution in [0.25, 0.3) is 5.65 Å². The second-order valence-corrected chi connectivity index (χ2v) is 5.20. The van der Waals surface area contributed by atoms with Crippen molar-refractivity contribution in [1.29, 1.82) is 0 Å². The largest absolute Gasteiger partial charge is 0.481 e. The molecule has 0 aromatic carbocycles. The smallest absolute Gasteiger partial charge is 0.303 e. The number of anilines is 1. The van der Waals surface area contributed by atoms with E-state index in [-0.39, 0.29) is 12.5 Å². The fourth-order valence-corrected chi connectivity index (χ4v) is 2.85. The summed E-state index contributed by atoms with van der Waals surface area (Å²) in [7, 11) is 0. The van der Waals surface area contributed by atoms with Crippen LogP contribution in [0.3, 0.4) is 0 Å². The van der Waals surface area contributed by atoms with Crippen molar-refractivity contribution < 1.29 is 9.90 Å². The SMILES string of the molecule is O=C(O)CCC1CCCCN1c1ccn2nccc2n1. The topological polar surface area (TPSA) is 70.7 Å². The van der Waals surface area contributed by atoms with E-state index in [0.29, 0.717) is 6.42 Å². The predicted molar refractivity (Wildman–Crippen MR) is 74.8 cm³/mol. The lowest BCUT2D eigenvalue weighted by atomic mass is 9.98. The molecule has 1 N–H and O–H groups in total. The van der Waals surface area contributed by atoms with Gasteiger partial charge in [0.2, 0.25) is 0 Å². The van der Waals surface area contributed by atoms with Gasteiger partial charge in [-0.05, 0) is 31.7 Å². The third-order valence-electron chi connectivity index (χ3n) is 3.86. The van der Waals surface area contributed by atoms with Crippen LogP contribution in [0.1, 0.15) is 32.1 Å². The van der Waals surface area contributed by atoms with Crippen LogP contribution in [0.2, 0.25) is 0 Å². The first-order valence-corrected chi connectivity index (χ1v) is 7.03. The van der Waals surface area contributed by atoms with E-state index in [1.54, 1.807) is 10.7 Å². The normalized spacial score (nSPS) is 19.4. The van der Waals surface area contributed by atoms with Crippen LogP contribution in [0, 0.1) is 0 Å². The molecule has 0 aliphatic carbocycles. The maximum absolute atomic E-state index is 10.8. The van der Waals surface area contributed by atoms with Gasteiger partial charge in [-0.15, -0.1) is 0 Å². The molecule has 0 saturated carbocycles. The number of hydrogen-bond donors (Lipinski definition) is 1. The molecule has 0 amide bonds. The molecule has 1 atom stereocenters. The van der Waals surface area contributed by atoms with Gasteiger partial charge < -0.3 is 10.0 Å². The minimum Gasteiger partial charge on any atom is -0.481 e. The van der Waals surface area contributed by atoms with Crippen LogP contribution in [-0.2, 0) is 4.79 Å². The molecular formula is C14H18N4O2. The van der Waals surface area contributed by atoms with Crippen molar-refractivity contribution in [3.63, 3.8) is 0 Å². The van der Waals surface area contributed by atoms with Crippen molar-refractivity contribution in [2.75, 3.05) is 11.4 Å². The number of piperidine rings is 1. The van der Waals surface area contributed by atoms with Gasteiger partial charge in [-0.25, -0.2) is 9.50 Å². The Morgan fingerprint density at radius 3 is 3.15 bits per heavy atom. The Balaban J connectivity index is 1.82. The monoisotopic (exact) mass is 274 g/mol. The average Bonchev–Trinajstić information content (AvgIpc) is 2.92. The van der Waals surface area contributed by atoms with Crippen LogP contribution in [-0.4, -0.2) is 38.3 Å². The van der Waals surface area contributed by atoms with Crippen LogP contribution in [0.15, 0.2) is 24.5 Å². The highest BCUT2D eigenvalue weighted by molar-refractivity contribution is 5.66. The predicted octanol–water partition coefficient (Wildman–Crippen LogP) is 1.95. The molecule has 1 aliphatic rings. The minimum atomic E-state index is -0.727. The summed E-state index contributed by atoms with van der Waals surface area (Å²) in [4.78, 5) is 17.6. The van der Waals surface area contributed by atoms with Crippen LogP contribution in [0.4, 0.5) is 5.82 Å². The molecule has 0 radical (unpaired) electrons. The molecule has 0 spiro atoms. The van der Waals surface area contributed by atoms with E-state index in [0.717, 1.165) is 37.3 Å². The van der Waals surface area contributed by atoms with E-state index in [2.05, 4.69) is 15.0 Å². The summed E-state index contributed by atoms with van der Waals surface area (Å²) >= 11 is 0. The zero-order valence-corrected chi connectivity index (χ0v) is 11.3. The Morgan fingerprint density at radius 1 is 1.40 bits per heavy atom. The van der Waals surface area contributed by atoms with Crippen molar-refractivity contribution in [3.05, 3.63) is 24.5 Å². The summed E-state index contributed by atoms with van der Waals surface area (Å²) in [5.74, 6) is 0.197. The van der Waals surface area contributed by atoms with E-state index in [9.17, 15) is 4.79 Å². The number of fused-ring (bicyclic) bond motifs is 1. The molecule has 1 unspecified atom stereocenters. The highest BCUT2D eigenvalue weighted by atomic mass is 16.4. The quantitative estimate of drug-likeness (QED) is 0.922. The average molecular weight is 274 g/mol. The number of aromatic nitrogens is 3. The van der Waals surface area contributed by atoms with Crippen molar-refractivity contribution in [2.45, 2.75) is 38.1 Å². The molecule has 6 nitrogen and oxygen atoms in total. The second kappa shape index (κ2) is 5.48. The van der Waals surface area contributed by atoms with Gasteiger partial charge in [0.15, 0.2) is 5.65 Å². The summed E-state index contributed by atoms with van der Waals surface area (Å²) in [6.45, 7) is 0.946. The molecule has 2 aromatic heterocycles. The Labute approximate surface area is 117 Å².